The highest BCUT2D eigenvalue weighted by Crippen LogP contribution is 2.29. The average Bonchev–Trinajstić information content (AvgIpc) is 3.17. The van der Waals surface area contributed by atoms with Crippen LogP contribution < -0.4 is 5.48 Å². The van der Waals surface area contributed by atoms with Crippen LogP contribution in [0, 0.1) is 0 Å². The third-order valence-electron chi connectivity index (χ3n) is 5.33. The number of amides is 1. The lowest BCUT2D eigenvalue weighted by Crippen LogP contribution is -2.32. The highest BCUT2D eigenvalue weighted by molar-refractivity contribution is 5.92. The largest absolute Gasteiger partial charge is 0.302 e. The van der Waals surface area contributed by atoms with Crippen LogP contribution in [-0.4, -0.2) is 45.9 Å². The zero-order chi connectivity index (χ0) is 19.5. The summed E-state index contributed by atoms with van der Waals surface area (Å²) in [4.78, 5) is 14.7. The first kappa shape index (κ1) is 18.4. The quantitative estimate of drug-likeness (QED) is 0.530. The van der Waals surface area contributed by atoms with Crippen molar-refractivity contribution in [1.29, 1.82) is 0 Å². The van der Waals surface area contributed by atoms with Gasteiger partial charge in [0.05, 0.1) is 5.52 Å². The van der Waals surface area contributed by atoms with Crippen LogP contribution in [0.5, 0.6) is 0 Å². The van der Waals surface area contributed by atoms with E-state index in [9.17, 15) is 10.0 Å². The molecule has 6 nitrogen and oxygen atoms in total. The van der Waals surface area contributed by atoms with Gasteiger partial charge < -0.3 is 4.90 Å². The summed E-state index contributed by atoms with van der Waals surface area (Å²) in [5.74, 6) is -0.475. The Balaban J connectivity index is 1.73. The zero-order valence-corrected chi connectivity index (χ0v) is 15.9. The minimum atomic E-state index is -0.626. The monoisotopic (exact) mass is 376 g/mol. The molecule has 1 aliphatic rings. The molecule has 0 bridgehead atoms. The summed E-state index contributed by atoms with van der Waals surface area (Å²) in [7, 11) is 2.12. The Hall–Kier alpha value is -2.96. The van der Waals surface area contributed by atoms with E-state index in [-0.39, 0.29) is 0 Å². The van der Waals surface area contributed by atoms with Gasteiger partial charge in [0.2, 0.25) is 0 Å². The summed E-state index contributed by atoms with van der Waals surface area (Å²) in [5.41, 5.74) is 6.13. The van der Waals surface area contributed by atoms with Crippen molar-refractivity contribution in [3.63, 3.8) is 0 Å². The molecule has 0 saturated heterocycles. The minimum absolute atomic E-state index is 0.448. The fraction of sp³-hybridized carbons (Fsp3) is 0.273. The highest BCUT2D eigenvalue weighted by Gasteiger charge is 2.23. The van der Waals surface area contributed by atoms with Crippen LogP contribution >= 0.6 is 0 Å². The fourth-order valence-corrected chi connectivity index (χ4v) is 3.73. The van der Waals surface area contributed by atoms with Crippen molar-refractivity contribution >= 4 is 22.4 Å². The van der Waals surface area contributed by atoms with Crippen molar-refractivity contribution in [2.75, 3.05) is 20.1 Å². The predicted molar refractivity (Wildman–Crippen MR) is 109 cm³/mol. The van der Waals surface area contributed by atoms with Gasteiger partial charge in [0.1, 0.15) is 6.04 Å². The van der Waals surface area contributed by atoms with Crippen molar-refractivity contribution in [2.24, 2.45) is 0 Å². The normalized spacial score (nSPS) is 16.0. The molecule has 2 N–H and O–H groups in total. The fourth-order valence-electron chi connectivity index (χ4n) is 3.73. The van der Waals surface area contributed by atoms with Crippen molar-refractivity contribution < 1.29 is 10.0 Å². The number of hydroxylamine groups is 1. The van der Waals surface area contributed by atoms with Crippen molar-refractivity contribution in [1.82, 2.24) is 20.2 Å². The molecule has 28 heavy (non-hydrogen) atoms. The number of hydrogen-bond acceptors (Lipinski definition) is 4. The molecule has 3 aromatic rings. The summed E-state index contributed by atoms with van der Waals surface area (Å²) < 4.78 is 1.67. The number of aromatic nitrogens is 2. The van der Waals surface area contributed by atoms with Crippen molar-refractivity contribution in [3.05, 3.63) is 71.9 Å². The molecule has 0 radical (unpaired) electrons. The van der Waals surface area contributed by atoms with E-state index in [1.54, 1.807) is 10.2 Å². The van der Waals surface area contributed by atoms with Gasteiger partial charge in [0.25, 0.3) is 5.91 Å². The summed E-state index contributed by atoms with van der Waals surface area (Å²) in [6.07, 6.45) is 5.62. The summed E-state index contributed by atoms with van der Waals surface area (Å²) in [6, 6.07) is 15.2. The number of hydrogen-bond donors (Lipinski definition) is 2. The molecule has 1 unspecified atom stereocenters. The van der Waals surface area contributed by atoms with Crippen molar-refractivity contribution in [3.8, 4) is 0 Å². The second-order valence-corrected chi connectivity index (χ2v) is 7.27. The van der Waals surface area contributed by atoms with Gasteiger partial charge in [-0.2, -0.15) is 5.10 Å². The van der Waals surface area contributed by atoms with Gasteiger partial charge in [-0.1, -0.05) is 48.5 Å². The zero-order valence-electron chi connectivity index (χ0n) is 15.9. The maximum absolute atomic E-state index is 12.4. The van der Waals surface area contributed by atoms with E-state index in [4.69, 9.17) is 0 Å². The van der Waals surface area contributed by atoms with E-state index in [1.165, 1.54) is 11.1 Å². The molecule has 1 amide bonds. The molecule has 2 aromatic carbocycles. The number of carbonyl (C=O) groups excluding carboxylic acids is 1. The van der Waals surface area contributed by atoms with Gasteiger partial charge in [-0.3, -0.25) is 14.7 Å². The Bertz CT molecular complexity index is 1010. The molecule has 4 rings (SSSR count). The number of nitrogens with zero attached hydrogens (tertiary/aromatic N) is 3. The van der Waals surface area contributed by atoms with E-state index in [2.05, 4.69) is 29.2 Å². The van der Waals surface area contributed by atoms with E-state index in [0.29, 0.717) is 6.42 Å². The predicted octanol–water partition coefficient (Wildman–Crippen LogP) is 3.04. The molecule has 6 heteroatoms. The van der Waals surface area contributed by atoms with Crippen LogP contribution in [0.15, 0.2) is 60.8 Å². The van der Waals surface area contributed by atoms with E-state index in [1.807, 2.05) is 48.7 Å². The molecule has 0 aliphatic carbocycles. The second-order valence-electron chi connectivity index (χ2n) is 7.27. The maximum Gasteiger partial charge on any atom is 0.268 e. The van der Waals surface area contributed by atoms with Crippen LogP contribution in [-0.2, 0) is 11.2 Å². The minimum Gasteiger partial charge on any atom is -0.302 e. The lowest BCUT2D eigenvalue weighted by Gasteiger charge is -2.22. The number of carbonyl (C=O) groups is 1. The molecule has 1 aliphatic heterocycles. The third-order valence-corrected chi connectivity index (χ3v) is 5.33. The molecule has 1 atom stereocenters. The number of rotatable bonds is 5. The van der Waals surface area contributed by atoms with Gasteiger partial charge in [0, 0.05) is 31.1 Å². The summed E-state index contributed by atoms with van der Waals surface area (Å²) >= 11 is 0. The maximum atomic E-state index is 12.4. The standard InChI is InChI=1S/C22H24N4O2/c1-25-12-10-17(11-13-25)18-8-5-9-20-19(18)15-26(23-20)21(22(27)24-28)14-16-6-3-2-4-7-16/h2-10,15,21,28H,11-14H2,1H3,(H,24,27). The Kier molecular flexibility index (Phi) is 5.23. The van der Waals surface area contributed by atoms with Crippen molar-refractivity contribution in [2.45, 2.75) is 18.9 Å². The van der Waals surface area contributed by atoms with E-state index < -0.39 is 11.9 Å². The summed E-state index contributed by atoms with van der Waals surface area (Å²) in [5, 5.41) is 14.9. The van der Waals surface area contributed by atoms with Gasteiger partial charge in [-0.15, -0.1) is 0 Å². The van der Waals surface area contributed by atoms with Crippen LogP contribution in [0.3, 0.4) is 0 Å². The van der Waals surface area contributed by atoms with E-state index >= 15 is 0 Å². The number of likely N-dealkylation sites (N-methyl/N-ethyl adjacent to an activating group) is 1. The third kappa shape index (κ3) is 3.69. The molecule has 2 heterocycles. The topological polar surface area (TPSA) is 70.4 Å². The smallest absolute Gasteiger partial charge is 0.268 e. The Labute approximate surface area is 164 Å². The number of fused-ring (bicyclic) bond motifs is 1. The molecule has 0 spiro atoms. The highest BCUT2D eigenvalue weighted by atomic mass is 16.5. The SMILES string of the molecule is CN1CC=C(c2cccc3nn(C(Cc4ccccc4)C(=O)NO)cc23)CC1. The lowest BCUT2D eigenvalue weighted by molar-refractivity contribution is -0.132. The first-order valence-corrected chi connectivity index (χ1v) is 9.49. The molecule has 0 saturated carbocycles. The molecular formula is C22H24N4O2. The van der Waals surface area contributed by atoms with E-state index in [0.717, 1.165) is 36.0 Å². The average molecular weight is 376 g/mol. The van der Waals surface area contributed by atoms with Gasteiger partial charge in [-0.05, 0) is 36.2 Å². The molecule has 0 fully saturated rings. The molecular weight excluding hydrogens is 352 g/mol. The first-order chi connectivity index (χ1) is 13.7. The molecule has 144 valence electrons. The number of benzene rings is 2. The van der Waals surface area contributed by atoms with Crippen LogP contribution in [0.1, 0.15) is 23.6 Å². The lowest BCUT2D eigenvalue weighted by atomic mass is 9.97. The molecule has 1 aromatic heterocycles. The number of nitrogens with one attached hydrogen (secondary N) is 1. The second kappa shape index (κ2) is 7.96. The Morgan fingerprint density at radius 2 is 2.04 bits per heavy atom. The Morgan fingerprint density at radius 3 is 2.75 bits per heavy atom. The van der Waals surface area contributed by atoms with Gasteiger partial charge in [-0.25, -0.2) is 5.48 Å². The Morgan fingerprint density at radius 1 is 1.21 bits per heavy atom. The van der Waals surface area contributed by atoms with Gasteiger partial charge >= 0.3 is 0 Å². The summed E-state index contributed by atoms with van der Waals surface area (Å²) in [6.45, 7) is 1.96. The van der Waals surface area contributed by atoms with Crippen LogP contribution in [0.2, 0.25) is 0 Å². The van der Waals surface area contributed by atoms with Gasteiger partial charge in [0.15, 0.2) is 0 Å². The van der Waals surface area contributed by atoms with Crippen LogP contribution in [0.4, 0.5) is 0 Å². The van der Waals surface area contributed by atoms with Crippen LogP contribution in [0.25, 0.3) is 16.5 Å². The first-order valence-electron chi connectivity index (χ1n) is 9.49.